The predicted molar refractivity (Wildman–Crippen MR) is 243 cm³/mol. The highest BCUT2D eigenvalue weighted by atomic mass is 15.1. The average molecular weight is 756 g/mol. The highest BCUT2D eigenvalue weighted by Crippen LogP contribution is 2.69. The molecule has 5 aliphatic rings. The van der Waals surface area contributed by atoms with E-state index in [2.05, 4.69) is 168 Å². The van der Waals surface area contributed by atoms with Gasteiger partial charge in [-0.15, -0.1) is 0 Å². The largest absolute Gasteiger partial charge is 0.292 e. The van der Waals surface area contributed by atoms with E-state index in [1.54, 1.807) is 11.1 Å². The minimum absolute atomic E-state index is 0.169. The number of para-hydroxylation sites is 2. The molecule has 0 atom stereocenters. The molecular weight excluding hydrogens is 715 g/mol. The van der Waals surface area contributed by atoms with Gasteiger partial charge in [-0.3, -0.25) is 4.57 Å². The first kappa shape index (κ1) is 32.4. The molecule has 2 heterocycles. The summed E-state index contributed by atoms with van der Waals surface area (Å²) in [7, 11) is 0. The van der Waals surface area contributed by atoms with E-state index in [1.807, 2.05) is 0 Å². The molecule has 0 unspecified atom stereocenters. The van der Waals surface area contributed by atoms with E-state index in [9.17, 15) is 0 Å². The van der Waals surface area contributed by atoms with Gasteiger partial charge in [0.25, 0.3) is 0 Å². The maximum Gasteiger partial charge on any atom is 0.165 e. The average Bonchev–Trinajstić information content (AvgIpc) is 3.77. The van der Waals surface area contributed by atoms with E-state index in [0.717, 1.165) is 62.8 Å². The van der Waals surface area contributed by atoms with Crippen molar-refractivity contribution in [1.29, 1.82) is 0 Å². The molecule has 0 radical (unpaired) electrons. The zero-order chi connectivity index (χ0) is 38.4. The molecule has 59 heavy (non-hydrogen) atoms. The van der Waals surface area contributed by atoms with Crippen LogP contribution in [0, 0.1) is 23.7 Å². The van der Waals surface area contributed by atoms with Crippen molar-refractivity contribution >= 4 is 54.4 Å². The van der Waals surface area contributed by atoms with Crippen LogP contribution in [-0.2, 0) is 5.41 Å². The maximum atomic E-state index is 5.54. The van der Waals surface area contributed by atoms with Gasteiger partial charge in [-0.1, -0.05) is 133 Å². The van der Waals surface area contributed by atoms with Crippen LogP contribution in [0.15, 0.2) is 164 Å². The van der Waals surface area contributed by atoms with Crippen LogP contribution in [0.5, 0.6) is 0 Å². The smallest absolute Gasteiger partial charge is 0.165 e. The molecule has 5 aliphatic carbocycles. The van der Waals surface area contributed by atoms with Crippen LogP contribution >= 0.6 is 0 Å². The van der Waals surface area contributed by atoms with E-state index < -0.39 is 0 Å². The Morgan fingerprint density at radius 1 is 0.441 bits per heavy atom. The lowest BCUT2D eigenvalue weighted by Gasteiger charge is -2.61. The fourth-order valence-corrected chi connectivity index (χ4v) is 13.3. The van der Waals surface area contributed by atoms with Crippen LogP contribution in [0.1, 0.15) is 43.2 Å². The topological polar surface area (TPSA) is 30.7 Å². The Bertz CT molecular complexity index is 3390. The molecule has 0 N–H and O–H groups in total. The van der Waals surface area contributed by atoms with Crippen LogP contribution < -0.4 is 0 Å². The van der Waals surface area contributed by atoms with Crippen LogP contribution in [0.2, 0.25) is 0 Å². The maximum absolute atomic E-state index is 5.54. The normalized spacial score (nSPS) is 22.6. The number of nitrogens with zero attached hydrogens (tertiary/aromatic N) is 3. The van der Waals surface area contributed by atoms with Crippen molar-refractivity contribution in [3.8, 4) is 39.3 Å². The van der Waals surface area contributed by atoms with Crippen LogP contribution in [0.3, 0.4) is 0 Å². The fraction of sp³-hybridized carbons (Fsp3) is 0.179. The molecule has 1 spiro atoms. The second-order valence-corrected chi connectivity index (χ2v) is 18.1. The van der Waals surface area contributed by atoms with E-state index >= 15 is 0 Å². The minimum atomic E-state index is 0.169. The molecule has 15 rings (SSSR count). The summed E-state index contributed by atoms with van der Waals surface area (Å²) in [6.45, 7) is 0. The molecular formula is C56H41N3. The molecule has 2 aromatic heterocycles. The Balaban J connectivity index is 1.03. The molecule has 8 aromatic carbocycles. The SMILES string of the molecule is c1ccc2c(c1)-c1cc(-c3ccc4c5c6ccccc6ccc5n(-c5nc6ccccc6nc5-c5cccc6ccccc56)c4c3)ccc1C21C2CC3CC(C2)CC1C3. The summed E-state index contributed by atoms with van der Waals surface area (Å²) in [5.74, 6) is 4.23. The lowest BCUT2D eigenvalue weighted by Crippen LogP contribution is -2.55. The molecule has 10 aromatic rings. The zero-order valence-corrected chi connectivity index (χ0v) is 32.8. The Morgan fingerprint density at radius 2 is 1.07 bits per heavy atom. The lowest BCUT2D eigenvalue weighted by molar-refractivity contribution is -0.0399. The predicted octanol–water partition coefficient (Wildman–Crippen LogP) is 14.1. The third-order valence-electron chi connectivity index (χ3n) is 15.4. The lowest BCUT2D eigenvalue weighted by atomic mass is 9.43. The van der Waals surface area contributed by atoms with Crippen molar-refractivity contribution in [2.24, 2.45) is 23.7 Å². The standard InChI is InChI=1S/C56H41N3/c1-3-13-41-35(10-1)12-9-16-44(41)54-55(58-50-19-8-7-18-49(50)57-54)59-51-25-22-36-11-2-4-14-42(36)53(51)45-23-20-38(32-52(45)59)37-21-24-48-46(31-37)43-15-5-6-17-47(43)56(48)39-27-33-26-34(29-39)30-40(56)28-33/h1-25,31-34,39-40H,26-30H2. The van der Waals surface area contributed by atoms with Gasteiger partial charge < -0.3 is 0 Å². The van der Waals surface area contributed by atoms with Crippen molar-refractivity contribution < 1.29 is 0 Å². The molecule has 0 aliphatic heterocycles. The van der Waals surface area contributed by atoms with Gasteiger partial charge in [-0.25, -0.2) is 9.97 Å². The summed E-state index contributed by atoms with van der Waals surface area (Å²) in [4.78, 5) is 11.0. The van der Waals surface area contributed by atoms with Gasteiger partial charge in [0.2, 0.25) is 0 Å². The van der Waals surface area contributed by atoms with Crippen molar-refractivity contribution in [3.05, 3.63) is 175 Å². The summed E-state index contributed by atoms with van der Waals surface area (Å²) >= 11 is 0. The van der Waals surface area contributed by atoms with Crippen molar-refractivity contribution in [2.75, 3.05) is 0 Å². The molecule has 0 saturated heterocycles. The third kappa shape index (κ3) is 4.32. The first-order valence-corrected chi connectivity index (χ1v) is 21.7. The van der Waals surface area contributed by atoms with Gasteiger partial charge >= 0.3 is 0 Å². The number of hydrogen-bond acceptors (Lipinski definition) is 2. The van der Waals surface area contributed by atoms with Gasteiger partial charge in [-0.05, 0) is 141 Å². The Labute approximate surface area is 343 Å². The highest BCUT2D eigenvalue weighted by molar-refractivity contribution is 6.22. The van der Waals surface area contributed by atoms with Crippen molar-refractivity contribution in [2.45, 2.75) is 37.5 Å². The number of aromatic nitrogens is 3. The minimum Gasteiger partial charge on any atom is -0.292 e. The Kier molecular flexibility index (Phi) is 6.46. The number of benzene rings is 8. The second kappa shape index (κ2) is 11.8. The van der Waals surface area contributed by atoms with Crippen LogP contribution in [0.4, 0.5) is 0 Å². The quantitative estimate of drug-likeness (QED) is 0.180. The Hall–Kier alpha value is -6.58. The van der Waals surface area contributed by atoms with Crippen LogP contribution in [-0.4, -0.2) is 14.5 Å². The van der Waals surface area contributed by atoms with Gasteiger partial charge in [-0.2, -0.15) is 0 Å². The molecule has 4 saturated carbocycles. The summed E-state index contributed by atoms with van der Waals surface area (Å²) in [5, 5.41) is 7.31. The van der Waals surface area contributed by atoms with Crippen molar-refractivity contribution in [3.63, 3.8) is 0 Å². The summed E-state index contributed by atoms with van der Waals surface area (Å²) < 4.78 is 2.41. The van der Waals surface area contributed by atoms with E-state index in [0.29, 0.717) is 0 Å². The highest BCUT2D eigenvalue weighted by Gasteiger charge is 2.61. The fourth-order valence-electron chi connectivity index (χ4n) is 13.3. The summed E-state index contributed by atoms with van der Waals surface area (Å²) in [5.41, 5.74) is 14.8. The third-order valence-corrected chi connectivity index (χ3v) is 15.4. The second-order valence-electron chi connectivity index (χ2n) is 18.1. The number of fused-ring (bicyclic) bond motifs is 10. The van der Waals surface area contributed by atoms with Gasteiger partial charge in [0.05, 0.1) is 22.1 Å². The van der Waals surface area contributed by atoms with Crippen molar-refractivity contribution in [1.82, 2.24) is 14.5 Å². The Morgan fingerprint density at radius 3 is 1.90 bits per heavy atom. The van der Waals surface area contributed by atoms with E-state index in [-0.39, 0.29) is 5.41 Å². The molecule has 3 nitrogen and oxygen atoms in total. The first-order valence-electron chi connectivity index (χ1n) is 21.7. The van der Waals surface area contributed by atoms with Gasteiger partial charge in [0.1, 0.15) is 5.69 Å². The molecule has 3 heteroatoms. The molecule has 280 valence electrons. The van der Waals surface area contributed by atoms with Gasteiger partial charge in [0.15, 0.2) is 5.82 Å². The zero-order valence-electron chi connectivity index (χ0n) is 32.8. The van der Waals surface area contributed by atoms with Gasteiger partial charge in [0, 0.05) is 21.8 Å². The van der Waals surface area contributed by atoms with E-state index in [4.69, 9.17) is 9.97 Å². The summed E-state index contributed by atoms with van der Waals surface area (Å²) in [6.07, 6.45) is 7.07. The molecule has 0 amide bonds. The monoisotopic (exact) mass is 755 g/mol. The number of rotatable bonds is 3. The number of hydrogen-bond donors (Lipinski definition) is 0. The first-order chi connectivity index (χ1) is 29.2. The summed E-state index contributed by atoms with van der Waals surface area (Å²) in [6, 6.07) is 60.9. The molecule has 4 bridgehead atoms. The van der Waals surface area contributed by atoms with Crippen LogP contribution in [0.25, 0.3) is 93.7 Å². The van der Waals surface area contributed by atoms with E-state index in [1.165, 1.54) is 86.7 Å². The molecule has 4 fully saturated rings.